The van der Waals surface area contributed by atoms with Crippen LogP contribution < -0.4 is 0 Å². The van der Waals surface area contributed by atoms with Crippen LogP contribution in [-0.4, -0.2) is 16.2 Å². The lowest BCUT2D eigenvalue weighted by Crippen LogP contribution is -1.99. The molecule has 3 heteroatoms. The number of aromatic nitrogens is 1. The monoisotopic (exact) mass is 185 g/mol. The van der Waals surface area contributed by atoms with Gasteiger partial charge >= 0.3 is 0 Å². The molecule has 1 N–H and O–H groups in total. The molecule has 12 heavy (non-hydrogen) atoms. The third-order valence-electron chi connectivity index (χ3n) is 1.87. The molecule has 1 atom stereocenters. The largest absolute Gasteiger partial charge is 0.393 e. The predicted molar refractivity (Wildman–Crippen MR) is 51.5 cm³/mol. The van der Waals surface area contributed by atoms with Gasteiger partial charge in [0, 0.05) is 4.88 Å². The molecule has 1 aromatic rings. The summed E-state index contributed by atoms with van der Waals surface area (Å²) in [6, 6.07) is 0. The summed E-state index contributed by atoms with van der Waals surface area (Å²) in [5.74, 6) is 0. The zero-order valence-corrected chi connectivity index (χ0v) is 8.40. The number of aliphatic hydroxyl groups excluding tert-OH is 1. The van der Waals surface area contributed by atoms with E-state index in [0.29, 0.717) is 0 Å². The fraction of sp³-hybridized carbons (Fsp3) is 0.667. The molecular formula is C9H15NOS. The molecule has 68 valence electrons. The molecule has 0 aliphatic heterocycles. The van der Waals surface area contributed by atoms with Gasteiger partial charge in [-0.2, -0.15) is 0 Å². The highest BCUT2D eigenvalue weighted by Crippen LogP contribution is 2.15. The third-order valence-corrected chi connectivity index (χ3v) is 2.87. The van der Waals surface area contributed by atoms with Gasteiger partial charge in [0.25, 0.3) is 0 Å². The number of rotatable bonds is 4. The highest BCUT2D eigenvalue weighted by molar-refractivity contribution is 7.09. The van der Waals surface area contributed by atoms with E-state index in [1.807, 2.05) is 19.4 Å². The van der Waals surface area contributed by atoms with Gasteiger partial charge in [-0.05, 0) is 33.1 Å². The summed E-state index contributed by atoms with van der Waals surface area (Å²) >= 11 is 1.71. The Labute approximate surface area is 77.3 Å². The lowest BCUT2D eigenvalue weighted by Gasteiger charge is -2.02. The maximum atomic E-state index is 9.04. The number of nitrogens with zero attached hydrogens (tertiary/aromatic N) is 1. The summed E-state index contributed by atoms with van der Waals surface area (Å²) in [5, 5.41) is 9.04. The molecule has 1 unspecified atom stereocenters. The van der Waals surface area contributed by atoms with Crippen molar-refractivity contribution in [2.75, 3.05) is 0 Å². The van der Waals surface area contributed by atoms with Crippen molar-refractivity contribution in [3.05, 3.63) is 16.1 Å². The molecule has 0 aliphatic rings. The molecule has 2 nitrogen and oxygen atoms in total. The second kappa shape index (κ2) is 4.58. The Kier molecular flexibility index (Phi) is 3.69. The van der Waals surface area contributed by atoms with E-state index in [2.05, 4.69) is 4.98 Å². The van der Waals surface area contributed by atoms with Crippen molar-refractivity contribution in [2.24, 2.45) is 0 Å². The molecule has 0 amide bonds. The molecule has 0 aliphatic carbocycles. The van der Waals surface area contributed by atoms with Crippen LogP contribution in [0.15, 0.2) is 5.51 Å². The number of aryl methyl sites for hydroxylation is 2. The Bertz CT molecular complexity index is 232. The van der Waals surface area contributed by atoms with Gasteiger partial charge in [-0.25, -0.2) is 4.98 Å². The molecule has 1 rings (SSSR count). The van der Waals surface area contributed by atoms with Crippen molar-refractivity contribution in [3.8, 4) is 0 Å². The molecule has 0 bridgehead atoms. The van der Waals surface area contributed by atoms with E-state index in [0.717, 1.165) is 25.0 Å². The van der Waals surface area contributed by atoms with Crippen LogP contribution in [-0.2, 0) is 6.42 Å². The predicted octanol–water partition coefficient (Wildman–Crippen LogP) is 2.16. The standard InChI is InChI=1S/C9H15NOS/c1-7(11)4-3-5-9-8(2)10-6-12-9/h6-7,11H,3-5H2,1-2H3. The first-order valence-electron chi connectivity index (χ1n) is 4.27. The minimum absolute atomic E-state index is 0.168. The average Bonchev–Trinajstić information content (AvgIpc) is 2.36. The van der Waals surface area contributed by atoms with Crippen LogP contribution in [0.4, 0.5) is 0 Å². The van der Waals surface area contributed by atoms with Crippen molar-refractivity contribution < 1.29 is 5.11 Å². The molecule has 0 aromatic carbocycles. The van der Waals surface area contributed by atoms with Crippen molar-refractivity contribution in [1.82, 2.24) is 4.98 Å². The Hall–Kier alpha value is -0.410. The smallest absolute Gasteiger partial charge is 0.0797 e. The van der Waals surface area contributed by atoms with Crippen LogP contribution >= 0.6 is 11.3 Å². The lowest BCUT2D eigenvalue weighted by atomic mass is 10.1. The number of thiazole rings is 1. The van der Waals surface area contributed by atoms with E-state index in [1.165, 1.54) is 4.88 Å². The lowest BCUT2D eigenvalue weighted by molar-refractivity contribution is 0.182. The average molecular weight is 185 g/mol. The van der Waals surface area contributed by atoms with Crippen molar-refractivity contribution >= 4 is 11.3 Å². The fourth-order valence-electron chi connectivity index (χ4n) is 1.12. The molecule has 1 heterocycles. The molecule has 1 aromatic heterocycles. The topological polar surface area (TPSA) is 33.1 Å². The summed E-state index contributed by atoms with van der Waals surface area (Å²) in [6.07, 6.45) is 2.83. The Morgan fingerprint density at radius 1 is 1.67 bits per heavy atom. The first-order valence-corrected chi connectivity index (χ1v) is 5.15. The van der Waals surface area contributed by atoms with Gasteiger partial charge in [-0.3, -0.25) is 0 Å². The van der Waals surface area contributed by atoms with Crippen molar-refractivity contribution in [2.45, 2.75) is 39.2 Å². The molecule has 0 radical (unpaired) electrons. The third kappa shape index (κ3) is 2.91. The highest BCUT2D eigenvalue weighted by atomic mass is 32.1. The van der Waals surface area contributed by atoms with Crippen molar-refractivity contribution in [3.63, 3.8) is 0 Å². The number of hydrogen-bond donors (Lipinski definition) is 1. The molecule has 0 saturated heterocycles. The van der Waals surface area contributed by atoms with Crippen molar-refractivity contribution in [1.29, 1.82) is 0 Å². The number of aliphatic hydroxyl groups is 1. The van der Waals surface area contributed by atoms with Gasteiger partial charge in [0.1, 0.15) is 0 Å². The van der Waals surface area contributed by atoms with Crippen LogP contribution in [0.3, 0.4) is 0 Å². The van der Waals surface area contributed by atoms with E-state index in [-0.39, 0.29) is 6.10 Å². The van der Waals surface area contributed by atoms with Gasteiger partial charge in [0.15, 0.2) is 0 Å². The SMILES string of the molecule is Cc1ncsc1CCCC(C)O. The number of hydrogen-bond acceptors (Lipinski definition) is 3. The van der Waals surface area contributed by atoms with Gasteiger partial charge < -0.3 is 5.11 Å². The first kappa shape index (κ1) is 9.68. The maximum Gasteiger partial charge on any atom is 0.0797 e. The minimum atomic E-state index is -0.168. The van der Waals surface area contributed by atoms with Crippen LogP contribution in [0, 0.1) is 6.92 Å². The Balaban J connectivity index is 2.29. The van der Waals surface area contributed by atoms with Crippen LogP contribution in [0.1, 0.15) is 30.3 Å². The maximum absolute atomic E-state index is 9.04. The molecule has 0 fully saturated rings. The van der Waals surface area contributed by atoms with Gasteiger partial charge in [-0.1, -0.05) is 0 Å². The van der Waals surface area contributed by atoms with E-state index < -0.39 is 0 Å². The minimum Gasteiger partial charge on any atom is -0.393 e. The quantitative estimate of drug-likeness (QED) is 0.779. The van der Waals surface area contributed by atoms with E-state index >= 15 is 0 Å². The van der Waals surface area contributed by atoms with Gasteiger partial charge in [0.05, 0.1) is 17.3 Å². The normalized spacial score (nSPS) is 13.2. The fourth-order valence-corrected chi connectivity index (χ4v) is 1.95. The summed E-state index contributed by atoms with van der Waals surface area (Å²) in [7, 11) is 0. The van der Waals surface area contributed by atoms with E-state index in [4.69, 9.17) is 5.11 Å². The highest BCUT2D eigenvalue weighted by Gasteiger charge is 2.01. The van der Waals surface area contributed by atoms with E-state index in [9.17, 15) is 0 Å². The summed E-state index contributed by atoms with van der Waals surface area (Å²) in [4.78, 5) is 5.53. The molecule has 0 saturated carbocycles. The molecule has 0 spiro atoms. The zero-order valence-electron chi connectivity index (χ0n) is 7.58. The van der Waals surface area contributed by atoms with Crippen LogP contribution in [0.5, 0.6) is 0 Å². The molecular weight excluding hydrogens is 170 g/mol. The summed E-state index contributed by atoms with van der Waals surface area (Å²) < 4.78 is 0. The summed E-state index contributed by atoms with van der Waals surface area (Å²) in [6.45, 7) is 3.87. The Morgan fingerprint density at radius 2 is 2.42 bits per heavy atom. The van der Waals surface area contributed by atoms with Gasteiger partial charge in [0.2, 0.25) is 0 Å². The Morgan fingerprint density at radius 3 is 2.92 bits per heavy atom. The summed E-state index contributed by atoms with van der Waals surface area (Å²) in [5.41, 5.74) is 3.03. The van der Waals surface area contributed by atoms with Gasteiger partial charge in [-0.15, -0.1) is 11.3 Å². The first-order chi connectivity index (χ1) is 5.70. The second-order valence-electron chi connectivity index (χ2n) is 3.10. The van der Waals surface area contributed by atoms with E-state index in [1.54, 1.807) is 11.3 Å². The second-order valence-corrected chi connectivity index (χ2v) is 4.04. The van der Waals surface area contributed by atoms with Crippen LogP contribution in [0.25, 0.3) is 0 Å². The zero-order chi connectivity index (χ0) is 8.97. The van der Waals surface area contributed by atoms with Crippen LogP contribution in [0.2, 0.25) is 0 Å².